The van der Waals surface area contributed by atoms with Crippen LogP contribution in [0.1, 0.15) is 5.56 Å². The van der Waals surface area contributed by atoms with Gasteiger partial charge in [-0.1, -0.05) is 41.5 Å². The van der Waals surface area contributed by atoms with Gasteiger partial charge in [-0.2, -0.15) is 0 Å². The second-order valence-corrected chi connectivity index (χ2v) is 3.17. The molecule has 1 radical (unpaired) electrons. The van der Waals surface area contributed by atoms with Gasteiger partial charge in [-0.05, 0) is 17.7 Å². The first-order valence-electron chi connectivity index (χ1n) is 3.03. The molecule has 0 saturated carbocycles. The number of benzene rings is 1. The summed E-state index contributed by atoms with van der Waals surface area (Å²) in [5.41, 5.74) is 1.04. The van der Waals surface area contributed by atoms with Gasteiger partial charge in [0.15, 0.2) is 0 Å². The first-order valence-corrected chi connectivity index (χ1v) is 4.19. The van der Waals surface area contributed by atoms with E-state index in [1.54, 1.807) is 12.1 Å². The first-order chi connectivity index (χ1) is 5.24. The molecule has 0 nitrogen and oxygen atoms in total. The molecule has 11 heavy (non-hydrogen) atoms. The number of hydrogen-bond acceptors (Lipinski definition) is 1. The molecule has 0 atom stereocenters. The van der Waals surface area contributed by atoms with Gasteiger partial charge in [0.05, 0.1) is 10.0 Å². The molecule has 0 aromatic heterocycles. The van der Waals surface area contributed by atoms with E-state index < -0.39 is 0 Å². The van der Waals surface area contributed by atoms with Crippen molar-refractivity contribution < 1.29 is 0 Å². The molecule has 57 valence electrons. The zero-order valence-corrected chi connectivity index (χ0v) is 7.93. The van der Waals surface area contributed by atoms with Gasteiger partial charge in [-0.15, -0.1) is 0 Å². The van der Waals surface area contributed by atoms with Gasteiger partial charge in [-0.25, -0.2) is 0 Å². The summed E-state index contributed by atoms with van der Waals surface area (Å²) in [5, 5.41) is 3.75. The van der Waals surface area contributed by atoms with Gasteiger partial charge in [-0.3, -0.25) is 0 Å². The fraction of sp³-hybridized carbons (Fsp3) is 0.125. The normalized spacial score (nSPS) is 9.64. The smallest absolute Gasteiger partial charge is 0.0595 e. The van der Waals surface area contributed by atoms with E-state index >= 15 is 0 Å². The van der Waals surface area contributed by atoms with Crippen LogP contribution in [0.15, 0.2) is 18.2 Å². The van der Waals surface area contributed by atoms with Crippen molar-refractivity contribution >= 4 is 40.8 Å². The van der Waals surface area contributed by atoms with Crippen LogP contribution in [0.3, 0.4) is 0 Å². The molecule has 1 rings (SSSR count). The highest BCUT2D eigenvalue weighted by Gasteiger charge is 1.97. The lowest BCUT2D eigenvalue weighted by atomic mass is 10.2. The Morgan fingerprint density at radius 1 is 1.27 bits per heavy atom. The lowest BCUT2D eigenvalue weighted by Gasteiger charge is -1.97. The number of halogens is 2. The van der Waals surface area contributed by atoms with Crippen LogP contribution in [0, 0.1) is 0 Å². The van der Waals surface area contributed by atoms with E-state index in [0.717, 1.165) is 5.56 Å². The van der Waals surface area contributed by atoms with Gasteiger partial charge in [0.25, 0.3) is 0 Å². The molecule has 3 heteroatoms. The Bertz CT molecular complexity index is 271. The van der Waals surface area contributed by atoms with Crippen molar-refractivity contribution in [2.75, 3.05) is 0 Å². The summed E-state index contributed by atoms with van der Waals surface area (Å²) in [4.78, 5) is 0. The number of hydrogen-bond donors (Lipinski definition) is 0. The third-order valence-corrected chi connectivity index (χ3v) is 2.14. The highest BCUT2D eigenvalue weighted by atomic mass is 35.5. The molecule has 0 unspecified atom stereocenters. The fourth-order valence-corrected chi connectivity index (χ4v) is 1.22. The summed E-state index contributed by atoms with van der Waals surface area (Å²) in [6.07, 6.45) is 0.631. The Hall–Kier alpha value is -0.110. The minimum atomic E-state index is 0.564. The maximum absolute atomic E-state index is 5.76. The van der Waals surface area contributed by atoms with E-state index in [9.17, 15) is 0 Å². The summed E-state index contributed by atoms with van der Waals surface area (Å²) >= 11 is 16.0. The summed E-state index contributed by atoms with van der Waals surface area (Å²) < 4.78 is 0. The first kappa shape index (κ1) is 8.98. The van der Waals surface area contributed by atoms with Crippen molar-refractivity contribution in [3.63, 3.8) is 0 Å². The molecule has 1 aromatic carbocycles. The van der Waals surface area contributed by atoms with E-state index in [1.165, 1.54) is 0 Å². The topological polar surface area (TPSA) is 0 Å². The molecule has 0 fully saturated rings. The minimum absolute atomic E-state index is 0.564. The third kappa shape index (κ3) is 2.44. The SMILES string of the molecule is S=[C]Cc1ccc(Cl)c(Cl)c1. The average molecular weight is 204 g/mol. The average Bonchev–Trinajstić information content (AvgIpc) is 1.98. The van der Waals surface area contributed by atoms with E-state index in [1.807, 2.05) is 6.07 Å². The molecular weight excluding hydrogens is 199 g/mol. The van der Waals surface area contributed by atoms with Crippen molar-refractivity contribution in [3.05, 3.63) is 33.8 Å². The standard InChI is InChI=1S/C8H5Cl2S/c9-7-2-1-6(3-4-11)5-8(7)10/h1-2,5H,3H2. The van der Waals surface area contributed by atoms with E-state index in [4.69, 9.17) is 23.2 Å². The van der Waals surface area contributed by atoms with Crippen molar-refractivity contribution in [2.24, 2.45) is 0 Å². The zero-order valence-electron chi connectivity index (χ0n) is 5.60. The Labute approximate surface area is 81.1 Å². The highest BCUT2D eigenvalue weighted by molar-refractivity contribution is 7.78. The second kappa shape index (κ2) is 4.05. The highest BCUT2D eigenvalue weighted by Crippen LogP contribution is 2.22. The molecule has 0 heterocycles. The van der Waals surface area contributed by atoms with Crippen LogP contribution in [0.2, 0.25) is 10.0 Å². The Kier molecular flexibility index (Phi) is 3.31. The molecule has 0 N–H and O–H groups in total. The molecule has 0 bridgehead atoms. The largest absolute Gasteiger partial charge is 0.0833 e. The maximum atomic E-state index is 5.76. The molecule has 0 aliphatic carbocycles. The van der Waals surface area contributed by atoms with Gasteiger partial charge < -0.3 is 0 Å². The fourth-order valence-electron chi connectivity index (χ4n) is 0.733. The molecule has 0 amide bonds. The van der Waals surface area contributed by atoms with Crippen molar-refractivity contribution in [2.45, 2.75) is 6.42 Å². The van der Waals surface area contributed by atoms with Crippen LogP contribution in [0.4, 0.5) is 0 Å². The predicted molar refractivity (Wildman–Crippen MR) is 52.8 cm³/mol. The predicted octanol–water partition coefficient (Wildman–Crippen LogP) is 3.41. The van der Waals surface area contributed by atoms with Gasteiger partial charge in [0.1, 0.15) is 0 Å². The number of thiocarbonyl (C=S) groups is 1. The summed E-state index contributed by atoms with van der Waals surface area (Å²) in [5.74, 6) is 0. The summed E-state index contributed by atoms with van der Waals surface area (Å²) in [7, 11) is 0. The van der Waals surface area contributed by atoms with Crippen LogP contribution in [0.5, 0.6) is 0 Å². The van der Waals surface area contributed by atoms with Crippen molar-refractivity contribution in [3.8, 4) is 0 Å². The quantitative estimate of drug-likeness (QED) is 0.665. The summed E-state index contributed by atoms with van der Waals surface area (Å²) in [6.45, 7) is 0. The lowest BCUT2D eigenvalue weighted by molar-refractivity contribution is 1.38. The Balaban J connectivity index is 2.95. The van der Waals surface area contributed by atoms with E-state index in [2.05, 4.69) is 17.6 Å². The second-order valence-electron chi connectivity index (χ2n) is 2.07. The zero-order chi connectivity index (χ0) is 8.27. The van der Waals surface area contributed by atoms with Crippen LogP contribution in [0.25, 0.3) is 0 Å². The Morgan fingerprint density at radius 2 is 2.00 bits per heavy atom. The van der Waals surface area contributed by atoms with Gasteiger partial charge in [0, 0.05) is 11.8 Å². The van der Waals surface area contributed by atoms with Crippen LogP contribution in [-0.2, 0) is 6.42 Å². The monoisotopic (exact) mass is 203 g/mol. The molecule has 0 aliphatic rings. The van der Waals surface area contributed by atoms with Crippen LogP contribution < -0.4 is 0 Å². The maximum Gasteiger partial charge on any atom is 0.0595 e. The molecule has 0 saturated heterocycles. The Morgan fingerprint density at radius 3 is 2.55 bits per heavy atom. The molecule has 0 aliphatic heterocycles. The third-order valence-electron chi connectivity index (χ3n) is 1.26. The lowest BCUT2D eigenvalue weighted by Crippen LogP contribution is -1.83. The molecule has 1 aromatic rings. The van der Waals surface area contributed by atoms with Gasteiger partial charge >= 0.3 is 0 Å². The molecular formula is C8H5Cl2S. The minimum Gasteiger partial charge on any atom is -0.0833 e. The summed E-state index contributed by atoms with van der Waals surface area (Å²) in [6, 6.07) is 5.43. The van der Waals surface area contributed by atoms with E-state index in [-0.39, 0.29) is 0 Å². The van der Waals surface area contributed by atoms with Gasteiger partial charge in [0.2, 0.25) is 0 Å². The van der Waals surface area contributed by atoms with Crippen molar-refractivity contribution in [1.29, 1.82) is 0 Å². The number of rotatable bonds is 2. The van der Waals surface area contributed by atoms with Crippen LogP contribution >= 0.6 is 35.4 Å². The van der Waals surface area contributed by atoms with Crippen molar-refractivity contribution in [1.82, 2.24) is 0 Å². The van der Waals surface area contributed by atoms with E-state index in [0.29, 0.717) is 16.5 Å². The van der Waals surface area contributed by atoms with Crippen LogP contribution in [-0.4, -0.2) is 5.37 Å². The molecule has 0 spiro atoms.